The van der Waals surface area contributed by atoms with Crippen molar-refractivity contribution >= 4 is 5.91 Å². The van der Waals surface area contributed by atoms with Crippen molar-refractivity contribution in [3.63, 3.8) is 0 Å². The van der Waals surface area contributed by atoms with Gasteiger partial charge in [0.05, 0.1) is 13.2 Å². The summed E-state index contributed by atoms with van der Waals surface area (Å²) < 4.78 is 10.6. The van der Waals surface area contributed by atoms with Gasteiger partial charge in [0.15, 0.2) is 0 Å². The minimum absolute atomic E-state index is 0.0504. The van der Waals surface area contributed by atoms with Gasteiger partial charge in [-0.05, 0) is 26.7 Å². The monoisotopic (exact) mass is 244 g/mol. The molecule has 17 heavy (non-hydrogen) atoms. The van der Waals surface area contributed by atoms with Crippen molar-refractivity contribution in [3.8, 4) is 0 Å². The van der Waals surface area contributed by atoms with Crippen molar-refractivity contribution in [2.75, 3.05) is 32.9 Å². The Bertz CT molecular complexity index is 236. The molecule has 2 unspecified atom stereocenters. The summed E-state index contributed by atoms with van der Waals surface area (Å²) in [6, 6.07) is 0.195. The van der Waals surface area contributed by atoms with Crippen molar-refractivity contribution in [3.05, 3.63) is 0 Å². The number of nitrogens with two attached hydrogens (primary N) is 1. The highest BCUT2D eigenvalue weighted by Gasteiger charge is 2.30. The van der Waals surface area contributed by atoms with Crippen LogP contribution in [0.4, 0.5) is 0 Å². The van der Waals surface area contributed by atoms with Gasteiger partial charge in [0.25, 0.3) is 5.91 Å². The zero-order chi connectivity index (χ0) is 12.7. The van der Waals surface area contributed by atoms with Crippen LogP contribution in [0.25, 0.3) is 0 Å². The van der Waals surface area contributed by atoms with Crippen LogP contribution in [0.1, 0.15) is 26.7 Å². The van der Waals surface area contributed by atoms with Crippen LogP contribution in [0.2, 0.25) is 0 Å². The van der Waals surface area contributed by atoms with Gasteiger partial charge in [0, 0.05) is 25.7 Å². The highest BCUT2D eigenvalue weighted by atomic mass is 16.5. The van der Waals surface area contributed by atoms with Crippen molar-refractivity contribution in [2.45, 2.75) is 38.8 Å². The molecule has 0 aromatic rings. The van der Waals surface area contributed by atoms with Crippen LogP contribution >= 0.6 is 0 Å². The lowest BCUT2D eigenvalue weighted by atomic mass is 10.2. The van der Waals surface area contributed by atoms with E-state index in [1.807, 2.05) is 11.8 Å². The van der Waals surface area contributed by atoms with E-state index < -0.39 is 6.10 Å². The minimum atomic E-state index is -0.400. The molecule has 2 N–H and O–H groups in total. The smallest absolute Gasteiger partial charge is 0.251 e. The van der Waals surface area contributed by atoms with E-state index in [2.05, 4.69) is 0 Å². The van der Waals surface area contributed by atoms with Crippen LogP contribution in [0, 0.1) is 0 Å². The molecule has 5 nitrogen and oxygen atoms in total. The quantitative estimate of drug-likeness (QED) is 0.657. The molecule has 5 heteroatoms. The minimum Gasteiger partial charge on any atom is -0.379 e. The zero-order valence-electron chi connectivity index (χ0n) is 10.9. The van der Waals surface area contributed by atoms with Gasteiger partial charge in [0.1, 0.15) is 6.10 Å². The molecule has 1 heterocycles. The first-order valence-corrected chi connectivity index (χ1v) is 6.40. The van der Waals surface area contributed by atoms with E-state index in [0.717, 1.165) is 19.4 Å². The normalized spacial score (nSPS) is 21.8. The van der Waals surface area contributed by atoms with Gasteiger partial charge in [0.2, 0.25) is 0 Å². The number of carbonyl (C=O) groups excluding carboxylic acids is 1. The van der Waals surface area contributed by atoms with Crippen molar-refractivity contribution in [1.29, 1.82) is 0 Å². The molecule has 0 radical (unpaired) electrons. The lowest BCUT2D eigenvalue weighted by Gasteiger charge is -2.26. The molecular formula is C12H24N2O3. The number of amides is 1. The number of hydrogen-bond acceptors (Lipinski definition) is 4. The van der Waals surface area contributed by atoms with Crippen LogP contribution in [-0.4, -0.2) is 55.9 Å². The van der Waals surface area contributed by atoms with E-state index in [9.17, 15) is 4.79 Å². The van der Waals surface area contributed by atoms with Gasteiger partial charge in [-0.2, -0.15) is 0 Å². The topological polar surface area (TPSA) is 64.8 Å². The van der Waals surface area contributed by atoms with Gasteiger partial charge in [-0.1, -0.05) is 0 Å². The van der Waals surface area contributed by atoms with E-state index in [1.165, 1.54) is 0 Å². The fraction of sp³-hybridized carbons (Fsp3) is 0.917. The third-order valence-electron chi connectivity index (χ3n) is 3.08. The van der Waals surface area contributed by atoms with Gasteiger partial charge in [-0.25, -0.2) is 0 Å². The van der Waals surface area contributed by atoms with Gasteiger partial charge in [-0.3, -0.25) is 4.79 Å². The Morgan fingerprint density at radius 2 is 2.29 bits per heavy atom. The molecule has 0 bridgehead atoms. The molecule has 1 rings (SSSR count). The average Bonchev–Trinajstić information content (AvgIpc) is 2.81. The molecule has 0 spiro atoms. The number of nitrogens with zero attached hydrogens (tertiary/aromatic N) is 1. The molecule has 100 valence electrons. The van der Waals surface area contributed by atoms with Crippen molar-refractivity contribution in [2.24, 2.45) is 5.73 Å². The number of likely N-dealkylation sites (tertiary alicyclic amines) is 1. The number of hydrogen-bond donors (Lipinski definition) is 1. The summed E-state index contributed by atoms with van der Waals surface area (Å²) >= 11 is 0. The highest BCUT2D eigenvalue weighted by Crippen LogP contribution is 2.17. The zero-order valence-corrected chi connectivity index (χ0v) is 10.9. The molecule has 0 saturated carbocycles. The second-order valence-electron chi connectivity index (χ2n) is 4.27. The Hall–Kier alpha value is -0.650. The summed E-state index contributed by atoms with van der Waals surface area (Å²) in [6.45, 7) is 6.74. The molecular weight excluding hydrogens is 220 g/mol. The first-order chi connectivity index (χ1) is 8.20. The van der Waals surface area contributed by atoms with E-state index in [0.29, 0.717) is 26.4 Å². The van der Waals surface area contributed by atoms with Crippen molar-refractivity contribution in [1.82, 2.24) is 4.90 Å². The van der Waals surface area contributed by atoms with Crippen molar-refractivity contribution < 1.29 is 14.3 Å². The lowest BCUT2D eigenvalue weighted by molar-refractivity contribution is -0.144. The molecule has 2 atom stereocenters. The van der Waals surface area contributed by atoms with Crippen LogP contribution in [0.5, 0.6) is 0 Å². The summed E-state index contributed by atoms with van der Waals surface area (Å²) in [6.07, 6.45) is 1.65. The average molecular weight is 244 g/mol. The first-order valence-electron chi connectivity index (χ1n) is 6.40. The molecule has 1 saturated heterocycles. The van der Waals surface area contributed by atoms with Crippen LogP contribution < -0.4 is 5.73 Å². The fourth-order valence-corrected chi connectivity index (χ4v) is 2.10. The molecule has 1 aliphatic rings. The van der Waals surface area contributed by atoms with E-state index in [-0.39, 0.29) is 11.9 Å². The van der Waals surface area contributed by atoms with E-state index in [4.69, 9.17) is 15.2 Å². The first kappa shape index (κ1) is 14.4. The predicted molar refractivity (Wildman–Crippen MR) is 65.7 cm³/mol. The largest absolute Gasteiger partial charge is 0.379 e. The third kappa shape index (κ3) is 4.26. The second kappa shape index (κ2) is 7.63. The molecule has 0 aromatic carbocycles. The summed E-state index contributed by atoms with van der Waals surface area (Å²) in [5.41, 5.74) is 5.65. The van der Waals surface area contributed by atoms with Crippen LogP contribution in [0.3, 0.4) is 0 Å². The highest BCUT2D eigenvalue weighted by molar-refractivity contribution is 5.81. The molecule has 1 fully saturated rings. The summed E-state index contributed by atoms with van der Waals surface area (Å²) in [5.74, 6) is 0.0504. The Morgan fingerprint density at radius 3 is 2.94 bits per heavy atom. The maximum absolute atomic E-state index is 12.1. The van der Waals surface area contributed by atoms with Gasteiger partial charge >= 0.3 is 0 Å². The summed E-state index contributed by atoms with van der Waals surface area (Å²) in [5, 5.41) is 0. The second-order valence-corrected chi connectivity index (χ2v) is 4.27. The summed E-state index contributed by atoms with van der Waals surface area (Å²) in [7, 11) is 0. The molecule has 1 aliphatic heterocycles. The third-order valence-corrected chi connectivity index (χ3v) is 3.08. The number of rotatable bonds is 7. The van der Waals surface area contributed by atoms with Gasteiger partial charge < -0.3 is 20.1 Å². The van der Waals surface area contributed by atoms with Crippen LogP contribution in [0.15, 0.2) is 0 Å². The lowest BCUT2D eigenvalue weighted by Crippen LogP contribution is -2.45. The Balaban J connectivity index is 2.30. The maximum Gasteiger partial charge on any atom is 0.251 e. The summed E-state index contributed by atoms with van der Waals surface area (Å²) in [4.78, 5) is 13.9. The Labute approximate surface area is 103 Å². The molecule has 0 aromatic heterocycles. The van der Waals surface area contributed by atoms with Gasteiger partial charge in [-0.15, -0.1) is 0 Å². The standard InChI is InChI=1S/C12H24N2O3/c1-3-16-7-8-17-10(2)12(15)14-6-4-5-11(14)9-13/h10-11H,3-9,13H2,1-2H3. The maximum atomic E-state index is 12.1. The van der Waals surface area contributed by atoms with E-state index in [1.54, 1.807) is 6.92 Å². The molecule has 1 amide bonds. The molecule has 0 aliphatic carbocycles. The van der Waals surface area contributed by atoms with E-state index >= 15 is 0 Å². The predicted octanol–water partition coefficient (Wildman–Crippen LogP) is 0.378. The van der Waals surface area contributed by atoms with Crippen LogP contribution in [-0.2, 0) is 14.3 Å². The Kier molecular flexibility index (Phi) is 6.47. The SMILES string of the molecule is CCOCCOC(C)C(=O)N1CCCC1CN. The number of ether oxygens (including phenoxy) is 2. The Morgan fingerprint density at radius 1 is 1.53 bits per heavy atom. The fourth-order valence-electron chi connectivity index (χ4n) is 2.10. The number of carbonyl (C=O) groups is 1.